The zero-order chi connectivity index (χ0) is 29.3. The van der Waals surface area contributed by atoms with Crippen LogP contribution in [0.25, 0.3) is 32.2 Å². The summed E-state index contributed by atoms with van der Waals surface area (Å²) in [6, 6.07) is 0.00856. The minimum atomic E-state index is -0.903. The number of nitrogen functional groups attached to an aromatic ring is 1. The number of hydrogen-bond acceptors (Lipinski definition) is 10. The second kappa shape index (κ2) is 10.0. The molecule has 0 radical (unpaired) electrons. The molecule has 3 aliphatic heterocycles. The van der Waals surface area contributed by atoms with Crippen LogP contribution in [0.1, 0.15) is 36.0 Å². The van der Waals surface area contributed by atoms with Crippen LogP contribution >= 0.6 is 11.3 Å². The lowest BCUT2D eigenvalue weighted by Gasteiger charge is -2.31. The van der Waals surface area contributed by atoms with E-state index < -0.39 is 23.3 Å². The standard InChI is InChI=1S/C29H30F3N7O2S/c1-34-8-15-20-23(35-9-18(31)25(20)42-26(15)33)19-16-11-40-12-17(16)21-24(22(19)32)36-28(37-27(21)38(2)3)41-13-29-5-4-6-39(29)10-14(30)7-29/h8-9,14H,4-7,10-13,33H2,1-3H3/b34-8-/t14-,29+/m1/s1. The lowest BCUT2D eigenvalue weighted by atomic mass is 9.93. The van der Waals surface area contributed by atoms with Crippen LogP contribution in [0.4, 0.5) is 24.0 Å². The van der Waals surface area contributed by atoms with Gasteiger partial charge in [-0.25, -0.2) is 13.2 Å². The van der Waals surface area contributed by atoms with E-state index in [0.29, 0.717) is 45.7 Å². The normalized spacial score (nSPS) is 22.1. The number of benzene rings is 1. The average Bonchev–Trinajstić information content (AvgIpc) is 3.72. The van der Waals surface area contributed by atoms with Crippen LogP contribution in [-0.2, 0) is 18.0 Å². The smallest absolute Gasteiger partial charge is 0.319 e. The lowest BCUT2D eigenvalue weighted by molar-refractivity contribution is 0.107. The molecular formula is C29H30F3N7O2S. The second-order valence-corrected chi connectivity index (χ2v) is 12.4. The Morgan fingerprint density at radius 2 is 2.07 bits per heavy atom. The van der Waals surface area contributed by atoms with Crippen molar-refractivity contribution in [2.24, 2.45) is 4.99 Å². The molecule has 2 atom stereocenters. The lowest BCUT2D eigenvalue weighted by Crippen LogP contribution is -2.43. The fourth-order valence-corrected chi connectivity index (χ4v) is 7.77. The van der Waals surface area contributed by atoms with Crippen molar-refractivity contribution in [1.29, 1.82) is 0 Å². The molecule has 0 bridgehead atoms. The van der Waals surface area contributed by atoms with E-state index in [0.717, 1.165) is 42.5 Å². The molecule has 13 heteroatoms. The molecule has 0 unspecified atom stereocenters. The van der Waals surface area contributed by atoms with E-state index in [-0.39, 0.29) is 47.3 Å². The van der Waals surface area contributed by atoms with Crippen LogP contribution < -0.4 is 15.4 Å². The van der Waals surface area contributed by atoms with Crippen LogP contribution in [0.3, 0.4) is 0 Å². The Labute approximate surface area is 244 Å². The first-order chi connectivity index (χ1) is 20.2. The molecule has 1 aromatic carbocycles. The zero-order valence-electron chi connectivity index (χ0n) is 23.5. The van der Waals surface area contributed by atoms with Gasteiger partial charge in [0.2, 0.25) is 0 Å². The molecule has 7 rings (SSSR count). The van der Waals surface area contributed by atoms with Crippen molar-refractivity contribution in [1.82, 2.24) is 19.9 Å². The van der Waals surface area contributed by atoms with Crippen molar-refractivity contribution < 1.29 is 22.6 Å². The third kappa shape index (κ3) is 4.04. The third-order valence-corrected chi connectivity index (χ3v) is 9.68. The number of hydrogen-bond donors (Lipinski definition) is 1. The van der Waals surface area contributed by atoms with Crippen molar-refractivity contribution in [3.05, 3.63) is 34.5 Å². The topological polar surface area (TPSA) is 102 Å². The molecule has 6 heterocycles. The molecule has 9 nitrogen and oxygen atoms in total. The summed E-state index contributed by atoms with van der Waals surface area (Å²) < 4.78 is 58.4. The maximum Gasteiger partial charge on any atom is 0.319 e. The minimum Gasteiger partial charge on any atom is -0.461 e. The Morgan fingerprint density at radius 3 is 2.86 bits per heavy atom. The number of rotatable bonds is 6. The van der Waals surface area contributed by atoms with E-state index in [2.05, 4.69) is 24.8 Å². The fourth-order valence-electron chi connectivity index (χ4n) is 6.83. The summed E-state index contributed by atoms with van der Waals surface area (Å²) in [5.41, 5.74) is 8.12. The Hall–Kier alpha value is -3.55. The van der Waals surface area contributed by atoms with Crippen molar-refractivity contribution in [2.75, 3.05) is 51.5 Å². The van der Waals surface area contributed by atoms with Crippen LogP contribution in [0, 0.1) is 11.6 Å². The molecule has 0 amide bonds. The first kappa shape index (κ1) is 27.3. The van der Waals surface area contributed by atoms with Gasteiger partial charge in [0.05, 0.1) is 45.7 Å². The number of nitrogens with zero attached hydrogens (tertiary/aromatic N) is 6. The Kier molecular flexibility index (Phi) is 6.51. The van der Waals surface area contributed by atoms with E-state index in [1.807, 2.05) is 14.1 Å². The number of fused-ring (bicyclic) bond motifs is 5. The fraction of sp³-hybridized carbons (Fsp3) is 0.448. The van der Waals surface area contributed by atoms with Crippen LogP contribution in [-0.4, -0.2) is 78.6 Å². The Bertz CT molecular complexity index is 1780. The van der Waals surface area contributed by atoms with E-state index in [4.69, 9.17) is 15.2 Å². The van der Waals surface area contributed by atoms with E-state index in [1.54, 1.807) is 11.9 Å². The van der Waals surface area contributed by atoms with Gasteiger partial charge < -0.3 is 20.1 Å². The SMILES string of the molecule is C/N=C\c1c(N)sc2c(F)cnc(-c3c4c(c5c(N(C)C)nc(OC[C@@]67CCCN6C[C@H](F)C7)nc5c3F)COC4)c12. The summed E-state index contributed by atoms with van der Waals surface area (Å²) in [4.78, 5) is 21.6. The number of alkyl halides is 1. The van der Waals surface area contributed by atoms with Crippen molar-refractivity contribution in [2.45, 2.75) is 44.2 Å². The highest BCUT2D eigenvalue weighted by atomic mass is 32.1. The quantitative estimate of drug-likeness (QED) is 0.315. The van der Waals surface area contributed by atoms with Crippen LogP contribution in [0.2, 0.25) is 0 Å². The van der Waals surface area contributed by atoms with Gasteiger partial charge in [0.25, 0.3) is 0 Å². The van der Waals surface area contributed by atoms with Gasteiger partial charge in [0.1, 0.15) is 24.1 Å². The predicted octanol–water partition coefficient (Wildman–Crippen LogP) is 4.87. The van der Waals surface area contributed by atoms with Crippen molar-refractivity contribution in [3.63, 3.8) is 0 Å². The molecule has 2 N–H and O–H groups in total. The minimum absolute atomic E-state index is 0.00856. The van der Waals surface area contributed by atoms with Gasteiger partial charge in [-0.2, -0.15) is 9.97 Å². The number of thiophene rings is 1. The number of ether oxygens (including phenoxy) is 2. The molecular weight excluding hydrogens is 567 g/mol. The van der Waals surface area contributed by atoms with Gasteiger partial charge in [-0.1, -0.05) is 0 Å². The number of aromatic nitrogens is 3. The molecule has 220 valence electrons. The van der Waals surface area contributed by atoms with Gasteiger partial charge in [-0.15, -0.1) is 11.3 Å². The largest absolute Gasteiger partial charge is 0.461 e. The molecule has 3 aliphatic rings. The molecule has 4 aromatic rings. The van der Waals surface area contributed by atoms with E-state index >= 15 is 4.39 Å². The van der Waals surface area contributed by atoms with Gasteiger partial charge in [0, 0.05) is 56.8 Å². The van der Waals surface area contributed by atoms with E-state index in [9.17, 15) is 8.78 Å². The highest BCUT2D eigenvalue weighted by Crippen LogP contribution is 2.46. The summed E-state index contributed by atoms with van der Waals surface area (Å²) in [5.74, 6) is -0.709. The van der Waals surface area contributed by atoms with Crippen molar-refractivity contribution in [3.8, 4) is 17.3 Å². The molecule has 2 saturated heterocycles. The molecule has 42 heavy (non-hydrogen) atoms. The number of aliphatic imine (C=N–C) groups is 1. The maximum atomic E-state index is 16.9. The number of nitrogens with two attached hydrogens (primary N) is 1. The summed E-state index contributed by atoms with van der Waals surface area (Å²) in [5, 5.41) is 1.26. The van der Waals surface area contributed by atoms with Crippen LogP contribution in [0.5, 0.6) is 6.01 Å². The highest BCUT2D eigenvalue weighted by molar-refractivity contribution is 7.23. The Morgan fingerprint density at radius 1 is 1.26 bits per heavy atom. The maximum absolute atomic E-state index is 16.9. The summed E-state index contributed by atoms with van der Waals surface area (Å²) >= 11 is 1.07. The highest BCUT2D eigenvalue weighted by Gasteiger charge is 2.49. The average molecular weight is 598 g/mol. The number of halogens is 3. The van der Waals surface area contributed by atoms with Gasteiger partial charge in [0.15, 0.2) is 11.6 Å². The van der Waals surface area contributed by atoms with Crippen LogP contribution in [0.15, 0.2) is 11.2 Å². The predicted molar refractivity (Wildman–Crippen MR) is 157 cm³/mol. The molecule has 0 spiro atoms. The summed E-state index contributed by atoms with van der Waals surface area (Å²) in [7, 11) is 5.22. The van der Waals surface area contributed by atoms with E-state index in [1.165, 1.54) is 6.21 Å². The van der Waals surface area contributed by atoms with Gasteiger partial charge >= 0.3 is 6.01 Å². The summed E-state index contributed by atoms with van der Waals surface area (Å²) in [6.07, 6.45) is 3.90. The first-order valence-corrected chi connectivity index (χ1v) is 14.6. The number of anilines is 2. The Balaban J connectivity index is 1.44. The second-order valence-electron chi connectivity index (χ2n) is 11.4. The zero-order valence-corrected chi connectivity index (χ0v) is 24.3. The number of pyridine rings is 1. The van der Waals surface area contributed by atoms with Gasteiger partial charge in [-0.3, -0.25) is 14.9 Å². The van der Waals surface area contributed by atoms with Gasteiger partial charge in [-0.05, 0) is 30.5 Å². The van der Waals surface area contributed by atoms with Crippen molar-refractivity contribution >= 4 is 49.4 Å². The summed E-state index contributed by atoms with van der Waals surface area (Å²) in [6.45, 7) is 1.79. The molecule has 0 aliphatic carbocycles. The molecule has 3 aromatic heterocycles. The first-order valence-electron chi connectivity index (χ1n) is 13.8. The third-order valence-electron chi connectivity index (χ3n) is 8.64. The molecule has 2 fully saturated rings. The monoisotopic (exact) mass is 597 g/mol. The molecule has 0 saturated carbocycles.